The van der Waals surface area contributed by atoms with E-state index in [2.05, 4.69) is 37.1 Å². The molecule has 0 saturated carbocycles. The lowest BCUT2D eigenvalue weighted by atomic mass is 9.61. The lowest BCUT2D eigenvalue weighted by molar-refractivity contribution is 0.0721. The van der Waals surface area contributed by atoms with Crippen molar-refractivity contribution in [1.82, 2.24) is 4.90 Å². The molecule has 0 aromatic heterocycles. The van der Waals surface area contributed by atoms with E-state index >= 15 is 0 Å². The van der Waals surface area contributed by atoms with E-state index in [0.717, 1.165) is 31.1 Å². The molecule has 0 bridgehead atoms. The maximum atomic E-state index is 5.76. The molecule has 1 saturated heterocycles. The second-order valence-corrected chi connectivity index (χ2v) is 7.38. The van der Waals surface area contributed by atoms with Crippen LogP contribution in [0.25, 0.3) is 0 Å². The number of nitrogens with two attached hydrogens (primary N) is 1. The lowest BCUT2D eigenvalue weighted by Gasteiger charge is -2.44. The van der Waals surface area contributed by atoms with Crippen LogP contribution in [0.5, 0.6) is 0 Å². The molecule has 2 N–H and O–H groups in total. The lowest BCUT2D eigenvalue weighted by Crippen LogP contribution is -2.52. The second kappa shape index (κ2) is 6.96. The van der Waals surface area contributed by atoms with Crippen LogP contribution in [0.4, 0.5) is 0 Å². The first kappa shape index (κ1) is 16.4. The van der Waals surface area contributed by atoms with Gasteiger partial charge in [-0.25, -0.2) is 0 Å². The summed E-state index contributed by atoms with van der Waals surface area (Å²) in [7, 11) is 1.36. The largest absolute Gasteiger partial charge is 0.402 e. The topological polar surface area (TPSA) is 29.3 Å². The number of fused-ring (bicyclic) bond motifs is 1. The van der Waals surface area contributed by atoms with Gasteiger partial charge in [0, 0.05) is 31.2 Å². The molecule has 2 nitrogen and oxygen atoms in total. The van der Waals surface area contributed by atoms with E-state index in [1.807, 2.05) is 6.08 Å². The van der Waals surface area contributed by atoms with Gasteiger partial charge in [-0.15, -0.1) is 6.58 Å². The van der Waals surface area contributed by atoms with Crippen molar-refractivity contribution in [2.45, 2.75) is 44.9 Å². The number of hydrogen-bond donors (Lipinski definition) is 1. The maximum Gasteiger partial charge on any atom is 0.126 e. The highest BCUT2D eigenvalue weighted by atomic mass is 15.2. The third-order valence-electron chi connectivity index (χ3n) is 5.64. The van der Waals surface area contributed by atoms with Gasteiger partial charge in [0.2, 0.25) is 0 Å². The van der Waals surface area contributed by atoms with Crippen LogP contribution in [0.2, 0.25) is 6.32 Å². The molecule has 0 amide bonds. The molecule has 0 spiro atoms. The zero-order valence-electron chi connectivity index (χ0n) is 14.5. The molecule has 2 heterocycles. The molecule has 1 aromatic carbocycles. The summed E-state index contributed by atoms with van der Waals surface area (Å²) in [5.41, 5.74) is 12.9. The van der Waals surface area contributed by atoms with Gasteiger partial charge in [-0.2, -0.15) is 0 Å². The van der Waals surface area contributed by atoms with Crippen molar-refractivity contribution in [2.75, 3.05) is 13.1 Å². The van der Waals surface area contributed by atoms with E-state index in [-0.39, 0.29) is 0 Å². The first-order valence-electron chi connectivity index (χ1n) is 8.98. The van der Waals surface area contributed by atoms with E-state index in [1.54, 1.807) is 22.3 Å². The molecule has 2 aliphatic heterocycles. The minimum atomic E-state index is 0.355. The summed E-state index contributed by atoms with van der Waals surface area (Å²) in [5, 5.41) is 0. The van der Waals surface area contributed by atoms with E-state index < -0.39 is 0 Å². The Hall–Kier alpha value is -1.48. The standard InChI is InChI=1S/C20H29BN2/c1-4-19(9-14(2)22)23-12-16(13-23)10-18-6-5-17-7-8-21-11-20(17)15(18)3/h4-6,16,19,21H,1-2,7-13,22H2,3H3. The summed E-state index contributed by atoms with van der Waals surface area (Å²) in [4.78, 5) is 2.48. The van der Waals surface area contributed by atoms with Gasteiger partial charge >= 0.3 is 0 Å². The van der Waals surface area contributed by atoms with Crippen LogP contribution in [-0.4, -0.2) is 31.3 Å². The Morgan fingerprint density at radius 1 is 1.48 bits per heavy atom. The normalized spacial score (nSPS) is 19.3. The number of hydrogen-bond acceptors (Lipinski definition) is 2. The molecule has 3 rings (SSSR count). The fourth-order valence-corrected chi connectivity index (χ4v) is 4.23. The average molecular weight is 308 g/mol. The summed E-state index contributed by atoms with van der Waals surface area (Å²) >= 11 is 0. The van der Waals surface area contributed by atoms with Crippen LogP contribution in [0.1, 0.15) is 28.7 Å². The minimum absolute atomic E-state index is 0.355. The van der Waals surface area contributed by atoms with Gasteiger partial charge in [0.15, 0.2) is 0 Å². The van der Waals surface area contributed by atoms with E-state index in [1.165, 1.54) is 32.8 Å². The third kappa shape index (κ3) is 3.55. The Bertz CT molecular complexity index is 602. The van der Waals surface area contributed by atoms with E-state index in [0.29, 0.717) is 6.04 Å². The van der Waals surface area contributed by atoms with Crippen molar-refractivity contribution < 1.29 is 0 Å². The fourth-order valence-electron chi connectivity index (χ4n) is 4.23. The fraction of sp³-hybridized carbons (Fsp3) is 0.500. The summed E-state index contributed by atoms with van der Waals surface area (Å²) < 4.78 is 0. The molecule has 122 valence electrons. The molecule has 1 unspecified atom stereocenters. The number of rotatable bonds is 6. The summed E-state index contributed by atoms with van der Waals surface area (Å²) in [6.45, 7) is 12.4. The van der Waals surface area contributed by atoms with Gasteiger partial charge in [0.05, 0.1) is 0 Å². The van der Waals surface area contributed by atoms with E-state index in [4.69, 9.17) is 5.73 Å². The van der Waals surface area contributed by atoms with Gasteiger partial charge in [0.1, 0.15) is 7.28 Å². The van der Waals surface area contributed by atoms with Crippen LogP contribution in [0, 0.1) is 12.8 Å². The van der Waals surface area contributed by atoms with Crippen molar-refractivity contribution in [2.24, 2.45) is 11.7 Å². The molecule has 3 heteroatoms. The SMILES string of the molecule is C=CC(CC(=C)N)N1CC(Cc2ccc3c(c2C)CBCC3)C1. The predicted molar refractivity (Wildman–Crippen MR) is 101 cm³/mol. The minimum Gasteiger partial charge on any atom is -0.402 e. The van der Waals surface area contributed by atoms with Crippen molar-refractivity contribution >= 4 is 7.28 Å². The predicted octanol–water partition coefficient (Wildman–Crippen LogP) is 2.80. The van der Waals surface area contributed by atoms with E-state index in [9.17, 15) is 0 Å². The number of nitrogens with zero attached hydrogens (tertiary/aromatic N) is 1. The van der Waals surface area contributed by atoms with Crippen molar-refractivity contribution in [1.29, 1.82) is 0 Å². The number of benzene rings is 1. The molecular weight excluding hydrogens is 279 g/mol. The monoisotopic (exact) mass is 308 g/mol. The van der Waals surface area contributed by atoms with Gasteiger partial charge in [-0.1, -0.05) is 37.4 Å². The van der Waals surface area contributed by atoms with Crippen LogP contribution in [0.15, 0.2) is 37.1 Å². The van der Waals surface area contributed by atoms with Crippen molar-refractivity contribution in [3.05, 3.63) is 59.3 Å². The van der Waals surface area contributed by atoms with Crippen LogP contribution in [0.3, 0.4) is 0 Å². The molecule has 1 aromatic rings. The van der Waals surface area contributed by atoms with Crippen molar-refractivity contribution in [3.8, 4) is 0 Å². The number of aryl methyl sites for hydroxylation is 1. The van der Waals surface area contributed by atoms with Gasteiger partial charge in [0.25, 0.3) is 0 Å². The van der Waals surface area contributed by atoms with Gasteiger partial charge in [-0.05, 0) is 47.9 Å². The Kier molecular flexibility index (Phi) is 4.96. The molecule has 1 fully saturated rings. The zero-order chi connectivity index (χ0) is 16.4. The maximum absolute atomic E-state index is 5.76. The first-order chi connectivity index (χ1) is 11.1. The molecule has 0 aliphatic carbocycles. The summed E-state index contributed by atoms with van der Waals surface area (Å²) in [6.07, 6.45) is 7.97. The van der Waals surface area contributed by atoms with Crippen molar-refractivity contribution in [3.63, 3.8) is 0 Å². The summed E-state index contributed by atoms with van der Waals surface area (Å²) in [6, 6.07) is 5.13. The number of likely N-dealkylation sites (tertiary alicyclic amines) is 1. The first-order valence-corrected chi connectivity index (χ1v) is 8.98. The Morgan fingerprint density at radius 2 is 2.26 bits per heavy atom. The highest BCUT2D eigenvalue weighted by Crippen LogP contribution is 2.29. The highest BCUT2D eigenvalue weighted by Gasteiger charge is 2.31. The van der Waals surface area contributed by atoms with Gasteiger partial charge < -0.3 is 5.73 Å². The second-order valence-electron chi connectivity index (χ2n) is 7.38. The van der Waals surface area contributed by atoms with Crippen LogP contribution >= 0.6 is 0 Å². The molecule has 2 aliphatic rings. The summed E-state index contributed by atoms with van der Waals surface area (Å²) in [5.74, 6) is 0.767. The molecule has 0 radical (unpaired) electrons. The quantitative estimate of drug-likeness (QED) is 0.647. The smallest absolute Gasteiger partial charge is 0.126 e. The average Bonchev–Trinajstić information content (AvgIpc) is 2.50. The molecule has 23 heavy (non-hydrogen) atoms. The zero-order valence-corrected chi connectivity index (χ0v) is 14.5. The molecule has 1 atom stereocenters. The Labute approximate surface area is 141 Å². The molecular formula is C20H29BN2. The highest BCUT2D eigenvalue weighted by molar-refractivity contribution is 6.35. The Balaban J connectivity index is 1.60. The van der Waals surface area contributed by atoms with Crippen LogP contribution < -0.4 is 5.73 Å². The van der Waals surface area contributed by atoms with Gasteiger partial charge in [-0.3, -0.25) is 4.90 Å². The Morgan fingerprint density at radius 3 is 2.96 bits per heavy atom. The van der Waals surface area contributed by atoms with Crippen LogP contribution in [-0.2, 0) is 19.2 Å². The third-order valence-corrected chi connectivity index (χ3v) is 5.64.